The molecule has 102 valence electrons. The van der Waals surface area contributed by atoms with Gasteiger partial charge in [0.1, 0.15) is 0 Å². The van der Waals surface area contributed by atoms with Gasteiger partial charge in [0, 0.05) is 29.6 Å². The van der Waals surface area contributed by atoms with Crippen molar-refractivity contribution in [1.29, 1.82) is 0 Å². The highest BCUT2D eigenvalue weighted by Crippen LogP contribution is 2.22. The maximum absolute atomic E-state index is 5.95. The summed E-state index contributed by atoms with van der Waals surface area (Å²) >= 11 is 3.41. The lowest BCUT2D eigenvalue weighted by molar-refractivity contribution is 0.182. The van der Waals surface area contributed by atoms with Gasteiger partial charge in [-0.05, 0) is 45.9 Å². The van der Waals surface area contributed by atoms with Crippen LogP contribution in [-0.4, -0.2) is 30.1 Å². The van der Waals surface area contributed by atoms with Crippen LogP contribution < -0.4 is 11.1 Å². The molecule has 3 N–H and O–H groups in total. The van der Waals surface area contributed by atoms with Crippen LogP contribution in [0, 0.1) is 0 Å². The highest BCUT2D eigenvalue weighted by atomic mass is 79.9. The Morgan fingerprint density at radius 3 is 2.33 bits per heavy atom. The summed E-state index contributed by atoms with van der Waals surface area (Å²) < 4.78 is 1.01. The molecule has 0 radical (unpaired) electrons. The van der Waals surface area contributed by atoms with Crippen molar-refractivity contribution in [3.05, 3.63) is 22.7 Å². The molecule has 0 aliphatic rings. The number of halogens is 1. The summed E-state index contributed by atoms with van der Waals surface area (Å²) in [6.07, 6.45) is 0. The second kappa shape index (κ2) is 7.00. The van der Waals surface area contributed by atoms with E-state index in [-0.39, 0.29) is 0 Å². The van der Waals surface area contributed by atoms with Crippen molar-refractivity contribution in [2.45, 2.75) is 39.8 Å². The molecule has 0 atom stereocenters. The van der Waals surface area contributed by atoms with Crippen LogP contribution >= 0.6 is 15.9 Å². The molecule has 4 heteroatoms. The normalized spacial score (nSPS) is 11.6. The number of hydrogen-bond acceptors (Lipinski definition) is 3. The van der Waals surface area contributed by atoms with Crippen LogP contribution in [0.4, 0.5) is 11.4 Å². The van der Waals surface area contributed by atoms with Crippen LogP contribution in [0.3, 0.4) is 0 Å². The number of nitrogens with one attached hydrogen (secondary N) is 1. The summed E-state index contributed by atoms with van der Waals surface area (Å²) in [4.78, 5) is 2.46. The van der Waals surface area contributed by atoms with E-state index in [1.807, 2.05) is 18.2 Å². The van der Waals surface area contributed by atoms with Crippen LogP contribution in [0.1, 0.15) is 27.7 Å². The van der Waals surface area contributed by atoms with Gasteiger partial charge >= 0.3 is 0 Å². The maximum Gasteiger partial charge on any atom is 0.0575 e. The van der Waals surface area contributed by atoms with E-state index in [2.05, 4.69) is 53.8 Å². The molecule has 1 aromatic carbocycles. The Balaban J connectivity index is 2.50. The first-order chi connectivity index (χ1) is 8.41. The molecule has 0 spiro atoms. The molecule has 0 heterocycles. The van der Waals surface area contributed by atoms with Gasteiger partial charge in [0.15, 0.2) is 0 Å². The Bertz CT molecular complexity index is 369. The first kappa shape index (κ1) is 15.3. The molecule has 0 aliphatic carbocycles. The summed E-state index contributed by atoms with van der Waals surface area (Å²) in [5.41, 5.74) is 7.74. The summed E-state index contributed by atoms with van der Waals surface area (Å²) in [5, 5.41) is 3.39. The smallest absolute Gasteiger partial charge is 0.0575 e. The van der Waals surface area contributed by atoms with Gasteiger partial charge in [-0.2, -0.15) is 0 Å². The lowest BCUT2D eigenvalue weighted by atomic mass is 10.2. The van der Waals surface area contributed by atoms with Gasteiger partial charge in [0.2, 0.25) is 0 Å². The molecule has 0 saturated carbocycles. The van der Waals surface area contributed by atoms with E-state index in [0.29, 0.717) is 12.1 Å². The van der Waals surface area contributed by atoms with Gasteiger partial charge in [-0.3, -0.25) is 4.90 Å². The van der Waals surface area contributed by atoms with Crippen LogP contribution in [0.15, 0.2) is 22.7 Å². The molecule has 0 saturated heterocycles. The number of nitrogens with two attached hydrogens (primary N) is 1. The van der Waals surface area contributed by atoms with Crippen LogP contribution in [0.25, 0.3) is 0 Å². The summed E-state index contributed by atoms with van der Waals surface area (Å²) in [6, 6.07) is 7.06. The standard InChI is InChI=1S/C14H24BrN3/c1-10(2)18(11(3)4)8-7-17-14-6-5-12(15)9-13(14)16/h5-6,9-11,17H,7-8,16H2,1-4H3. The Hall–Kier alpha value is -0.740. The third kappa shape index (κ3) is 4.50. The second-order valence-corrected chi connectivity index (χ2v) is 6.00. The highest BCUT2D eigenvalue weighted by molar-refractivity contribution is 9.10. The minimum Gasteiger partial charge on any atom is -0.397 e. The van der Waals surface area contributed by atoms with Crippen molar-refractivity contribution < 1.29 is 0 Å². The van der Waals surface area contributed by atoms with Gasteiger partial charge in [-0.1, -0.05) is 15.9 Å². The molecular formula is C14H24BrN3. The molecule has 1 rings (SSSR count). The molecule has 18 heavy (non-hydrogen) atoms. The molecule has 0 unspecified atom stereocenters. The van der Waals surface area contributed by atoms with Gasteiger partial charge in [0.05, 0.1) is 11.4 Å². The third-order valence-corrected chi connectivity index (χ3v) is 3.52. The second-order valence-electron chi connectivity index (χ2n) is 5.08. The number of nitrogens with zero attached hydrogens (tertiary/aromatic N) is 1. The quantitative estimate of drug-likeness (QED) is 0.789. The van der Waals surface area contributed by atoms with Gasteiger partial charge < -0.3 is 11.1 Å². The molecular weight excluding hydrogens is 290 g/mol. The van der Waals surface area contributed by atoms with Crippen molar-refractivity contribution in [2.75, 3.05) is 24.1 Å². The van der Waals surface area contributed by atoms with Crippen molar-refractivity contribution in [2.24, 2.45) is 0 Å². The zero-order valence-electron chi connectivity index (χ0n) is 11.7. The monoisotopic (exact) mass is 313 g/mol. The van der Waals surface area contributed by atoms with Crippen molar-refractivity contribution in [1.82, 2.24) is 4.90 Å². The molecule has 1 aromatic rings. The number of hydrogen-bond donors (Lipinski definition) is 2. The van der Waals surface area contributed by atoms with E-state index >= 15 is 0 Å². The molecule has 0 aliphatic heterocycles. The number of nitrogen functional groups attached to an aromatic ring is 1. The molecule has 0 fully saturated rings. The SMILES string of the molecule is CC(C)N(CCNc1ccc(Br)cc1N)C(C)C. The number of anilines is 2. The fourth-order valence-corrected chi connectivity index (χ4v) is 2.51. The fraction of sp³-hybridized carbons (Fsp3) is 0.571. The van der Waals surface area contributed by atoms with E-state index in [9.17, 15) is 0 Å². The van der Waals surface area contributed by atoms with Crippen molar-refractivity contribution in [3.63, 3.8) is 0 Å². The number of benzene rings is 1. The average Bonchev–Trinajstić information content (AvgIpc) is 2.25. The predicted molar refractivity (Wildman–Crippen MR) is 84.0 cm³/mol. The summed E-state index contributed by atoms with van der Waals surface area (Å²) in [7, 11) is 0. The summed E-state index contributed by atoms with van der Waals surface area (Å²) in [6.45, 7) is 10.8. The van der Waals surface area contributed by atoms with Gasteiger partial charge in [0.25, 0.3) is 0 Å². The molecule has 0 aromatic heterocycles. The summed E-state index contributed by atoms with van der Waals surface area (Å²) in [5.74, 6) is 0. The fourth-order valence-electron chi connectivity index (χ4n) is 2.13. The van der Waals surface area contributed by atoms with Crippen molar-refractivity contribution in [3.8, 4) is 0 Å². The topological polar surface area (TPSA) is 41.3 Å². The Kier molecular flexibility index (Phi) is 5.96. The largest absolute Gasteiger partial charge is 0.397 e. The minimum absolute atomic E-state index is 0.564. The molecule has 3 nitrogen and oxygen atoms in total. The molecule has 0 bridgehead atoms. The molecule has 0 amide bonds. The van der Waals surface area contributed by atoms with E-state index in [1.54, 1.807) is 0 Å². The highest BCUT2D eigenvalue weighted by Gasteiger charge is 2.12. The first-order valence-corrected chi connectivity index (χ1v) is 7.25. The predicted octanol–water partition coefficient (Wildman–Crippen LogP) is 3.56. The lowest BCUT2D eigenvalue weighted by Crippen LogP contribution is -2.40. The van der Waals surface area contributed by atoms with Crippen molar-refractivity contribution >= 4 is 27.3 Å². The lowest BCUT2D eigenvalue weighted by Gasteiger charge is -2.30. The first-order valence-electron chi connectivity index (χ1n) is 6.46. The Morgan fingerprint density at radius 1 is 1.22 bits per heavy atom. The van der Waals surface area contributed by atoms with E-state index < -0.39 is 0 Å². The zero-order chi connectivity index (χ0) is 13.7. The Morgan fingerprint density at radius 2 is 1.83 bits per heavy atom. The van der Waals surface area contributed by atoms with E-state index in [0.717, 1.165) is 28.9 Å². The van der Waals surface area contributed by atoms with Gasteiger partial charge in [-0.15, -0.1) is 0 Å². The van der Waals surface area contributed by atoms with Crippen LogP contribution in [0.2, 0.25) is 0 Å². The zero-order valence-corrected chi connectivity index (χ0v) is 13.3. The van der Waals surface area contributed by atoms with Gasteiger partial charge in [-0.25, -0.2) is 0 Å². The van der Waals surface area contributed by atoms with E-state index in [4.69, 9.17) is 5.73 Å². The van der Waals surface area contributed by atoms with E-state index in [1.165, 1.54) is 0 Å². The Labute approximate surface area is 119 Å². The average molecular weight is 314 g/mol. The third-order valence-electron chi connectivity index (χ3n) is 3.03. The van der Waals surface area contributed by atoms with Crippen LogP contribution in [-0.2, 0) is 0 Å². The number of rotatable bonds is 6. The maximum atomic E-state index is 5.95. The van der Waals surface area contributed by atoms with Crippen LogP contribution in [0.5, 0.6) is 0 Å². The minimum atomic E-state index is 0.564.